The van der Waals surface area contributed by atoms with Gasteiger partial charge in [0.25, 0.3) is 0 Å². The maximum Gasteiger partial charge on any atom is 0.227 e. The summed E-state index contributed by atoms with van der Waals surface area (Å²) < 4.78 is 14.1. The zero-order chi connectivity index (χ0) is 36.8. The van der Waals surface area contributed by atoms with Crippen LogP contribution < -0.4 is 4.74 Å². The molecule has 0 fully saturated rings. The Kier molecular flexibility index (Phi) is 6.68. The zero-order valence-corrected chi connectivity index (χ0v) is 30.8. The Morgan fingerprint density at radius 2 is 1.02 bits per heavy atom. The van der Waals surface area contributed by atoms with Crippen LogP contribution in [0.5, 0.6) is 11.5 Å². The van der Waals surface area contributed by atoms with Gasteiger partial charge >= 0.3 is 0 Å². The molecule has 1 spiro atoms. The first kappa shape index (κ1) is 31.3. The Labute approximate surface area is 327 Å². The van der Waals surface area contributed by atoms with Gasteiger partial charge in [0, 0.05) is 22.3 Å². The van der Waals surface area contributed by atoms with Crippen molar-refractivity contribution >= 4 is 32.7 Å². The molecule has 10 aromatic rings. The van der Waals surface area contributed by atoms with Crippen LogP contribution in [0.15, 0.2) is 186 Å². The summed E-state index contributed by atoms with van der Waals surface area (Å²) in [6.45, 7) is 0. The van der Waals surface area contributed by atoms with Crippen LogP contribution >= 0.6 is 11.3 Å². The number of nitrogens with zero attached hydrogens (tertiary/aromatic N) is 2. The summed E-state index contributed by atoms with van der Waals surface area (Å²) in [7, 11) is 0. The lowest BCUT2D eigenvalue weighted by molar-refractivity contribution is 0.436. The number of para-hydroxylation sites is 5. The molecular weight excluding hydrogens is 705 g/mol. The van der Waals surface area contributed by atoms with E-state index < -0.39 is 5.41 Å². The van der Waals surface area contributed by atoms with Gasteiger partial charge in [-0.05, 0) is 111 Å². The normalized spacial score (nSPS) is 13.3. The lowest BCUT2D eigenvalue weighted by atomic mass is 9.66. The summed E-state index contributed by atoms with van der Waals surface area (Å²) in [5.41, 5.74) is 15.8. The topological polar surface area (TPSA) is 48.2 Å². The molecule has 2 aromatic heterocycles. The molecule has 0 atom stereocenters. The minimum absolute atomic E-state index is 0.523. The Hall–Kier alpha value is -7.08. The van der Waals surface area contributed by atoms with Gasteiger partial charge in [0.1, 0.15) is 22.0 Å². The molecule has 1 aliphatic carbocycles. The second-order valence-corrected chi connectivity index (χ2v) is 15.5. The molecule has 0 radical (unpaired) electrons. The molecular formula is C51H30N2O2S. The van der Waals surface area contributed by atoms with E-state index in [1.165, 1.54) is 22.3 Å². The van der Waals surface area contributed by atoms with Crippen molar-refractivity contribution in [2.75, 3.05) is 0 Å². The molecule has 8 aromatic carbocycles. The minimum Gasteiger partial charge on any atom is -0.457 e. The highest BCUT2D eigenvalue weighted by Gasteiger charge is 2.51. The molecule has 1 aliphatic heterocycles. The number of hydrogen-bond donors (Lipinski definition) is 0. The lowest BCUT2D eigenvalue weighted by Gasteiger charge is -2.39. The summed E-state index contributed by atoms with van der Waals surface area (Å²) in [5, 5.41) is 0.960. The van der Waals surface area contributed by atoms with Crippen LogP contribution in [-0.4, -0.2) is 9.97 Å². The van der Waals surface area contributed by atoms with E-state index in [1.54, 1.807) is 11.3 Å². The molecule has 12 rings (SSSR count). The molecule has 0 saturated heterocycles. The highest BCUT2D eigenvalue weighted by atomic mass is 32.1. The smallest absolute Gasteiger partial charge is 0.227 e. The van der Waals surface area contributed by atoms with E-state index in [9.17, 15) is 0 Å². The first-order valence-corrected chi connectivity index (χ1v) is 19.6. The number of rotatable bonds is 4. The second-order valence-electron chi connectivity index (χ2n) is 14.5. The maximum absolute atomic E-state index is 6.58. The third-order valence-electron chi connectivity index (χ3n) is 11.4. The summed E-state index contributed by atoms with van der Waals surface area (Å²) in [4.78, 5) is 9.93. The van der Waals surface area contributed by atoms with Crippen molar-refractivity contribution in [3.8, 4) is 66.9 Å². The molecule has 56 heavy (non-hydrogen) atoms. The van der Waals surface area contributed by atoms with Crippen molar-refractivity contribution in [3.05, 3.63) is 204 Å². The maximum atomic E-state index is 6.58. The molecule has 3 heterocycles. The van der Waals surface area contributed by atoms with E-state index in [0.717, 1.165) is 82.3 Å². The molecule has 4 nitrogen and oxygen atoms in total. The predicted octanol–water partition coefficient (Wildman–Crippen LogP) is 13.6. The first-order chi connectivity index (χ1) is 27.7. The Morgan fingerprint density at radius 1 is 0.411 bits per heavy atom. The monoisotopic (exact) mass is 734 g/mol. The van der Waals surface area contributed by atoms with Gasteiger partial charge in [-0.3, -0.25) is 0 Å². The van der Waals surface area contributed by atoms with Crippen LogP contribution in [0.1, 0.15) is 22.3 Å². The quantitative estimate of drug-likeness (QED) is 0.181. The average molecular weight is 735 g/mol. The van der Waals surface area contributed by atoms with Crippen molar-refractivity contribution in [2.24, 2.45) is 0 Å². The van der Waals surface area contributed by atoms with Gasteiger partial charge in [-0.25, -0.2) is 9.97 Å². The fourth-order valence-corrected chi connectivity index (χ4v) is 9.90. The van der Waals surface area contributed by atoms with Gasteiger partial charge in [0.2, 0.25) is 5.89 Å². The van der Waals surface area contributed by atoms with Crippen LogP contribution in [0, 0.1) is 0 Å². The second kappa shape index (κ2) is 12.0. The molecule has 5 heteroatoms. The number of aromatic nitrogens is 2. The summed E-state index contributed by atoms with van der Waals surface area (Å²) in [5.74, 6) is 2.38. The lowest BCUT2D eigenvalue weighted by Crippen LogP contribution is -2.32. The number of oxazole rings is 1. The minimum atomic E-state index is -0.523. The highest BCUT2D eigenvalue weighted by Crippen LogP contribution is 2.62. The fourth-order valence-electron chi connectivity index (χ4n) is 8.94. The van der Waals surface area contributed by atoms with Gasteiger partial charge in [0.15, 0.2) is 5.58 Å². The third kappa shape index (κ3) is 4.58. The number of thiazole rings is 1. The van der Waals surface area contributed by atoms with Crippen LogP contribution in [0.2, 0.25) is 0 Å². The van der Waals surface area contributed by atoms with Crippen molar-refractivity contribution in [3.63, 3.8) is 0 Å². The van der Waals surface area contributed by atoms with Crippen LogP contribution in [0.4, 0.5) is 0 Å². The number of benzene rings is 8. The van der Waals surface area contributed by atoms with Crippen LogP contribution in [0.25, 0.3) is 76.7 Å². The van der Waals surface area contributed by atoms with E-state index in [1.807, 2.05) is 30.3 Å². The average Bonchev–Trinajstić information content (AvgIpc) is 3.97. The first-order valence-electron chi connectivity index (χ1n) is 18.8. The zero-order valence-electron chi connectivity index (χ0n) is 29.9. The molecule has 0 amide bonds. The van der Waals surface area contributed by atoms with Crippen molar-refractivity contribution in [2.45, 2.75) is 5.41 Å². The molecule has 0 N–H and O–H groups in total. The number of fused-ring (bicyclic) bond motifs is 11. The molecule has 262 valence electrons. The van der Waals surface area contributed by atoms with Crippen molar-refractivity contribution in [1.82, 2.24) is 9.97 Å². The van der Waals surface area contributed by atoms with E-state index in [-0.39, 0.29) is 0 Å². The van der Waals surface area contributed by atoms with E-state index in [4.69, 9.17) is 19.1 Å². The van der Waals surface area contributed by atoms with Gasteiger partial charge in [-0.2, -0.15) is 0 Å². The van der Waals surface area contributed by atoms with Gasteiger partial charge in [0.05, 0.1) is 15.6 Å². The van der Waals surface area contributed by atoms with Gasteiger partial charge in [-0.15, -0.1) is 11.3 Å². The van der Waals surface area contributed by atoms with Crippen LogP contribution in [0.3, 0.4) is 0 Å². The van der Waals surface area contributed by atoms with Gasteiger partial charge in [-0.1, -0.05) is 115 Å². The Bertz CT molecular complexity index is 3010. The van der Waals surface area contributed by atoms with Crippen molar-refractivity contribution in [1.29, 1.82) is 0 Å². The Morgan fingerprint density at radius 3 is 1.82 bits per heavy atom. The summed E-state index contributed by atoms with van der Waals surface area (Å²) in [6, 6.07) is 64.5. The molecule has 0 saturated carbocycles. The van der Waals surface area contributed by atoms with E-state index in [2.05, 4.69) is 152 Å². The molecule has 0 bridgehead atoms. The summed E-state index contributed by atoms with van der Waals surface area (Å²) in [6.07, 6.45) is 0. The largest absolute Gasteiger partial charge is 0.457 e. The Balaban J connectivity index is 1.04. The third-order valence-corrected chi connectivity index (χ3v) is 12.5. The standard InChI is InChI=1S/C51H30N2O2S/c1-2-15-39-37(14-1)38-25-24-33(30-42(38)51(39)40-16-3-7-20-45(40)54-46-21-8-4-17-41(46)51)31-12-11-13-32(26-31)34-27-35(49-52-43-18-5-9-22-47(43)55-49)29-36(28-34)50-53-44-19-6-10-23-48(44)56-50/h1-30H. The van der Waals surface area contributed by atoms with E-state index in [0.29, 0.717) is 5.89 Å². The van der Waals surface area contributed by atoms with E-state index >= 15 is 0 Å². The number of hydrogen-bond acceptors (Lipinski definition) is 5. The number of ether oxygens (including phenoxy) is 1. The predicted molar refractivity (Wildman–Crippen MR) is 226 cm³/mol. The highest BCUT2D eigenvalue weighted by molar-refractivity contribution is 7.21. The fraction of sp³-hybridized carbons (Fsp3) is 0.0196. The van der Waals surface area contributed by atoms with Gasteiger partial charge < -0.3 is 9.15 Å². The van der Waals surface area contributed by atoms with Crippen LogP contribution in [-0.2, 0) is 5.41 Å². The van der Waals surface area contributed by atoms with Crippen molar-refractivity contribution < 1.29 is 9.15 Å². The molecule has 2 aliphatic rings. The summed E-state index contributed by atoms with van der Waals surface area (Å²) >= 11 is 1.70. The SMILES string of the molecule is c1cc(-c2cc(-c3nc4ccccc4o3)cc(-c3nc4ccccc4s3)c2)cc(-c2ccc3c(c2)C2(c4ccccc4Oc4ccccc42)c2ccccc2-3)c1. The molecule has 0 unspecified atom stereocenters.